The van der Waals surface area contributed by atoms with Gasteiger partial charge < -0.3 is 14.5 Å². The summed E-state index contributed by atoms with van der Waals surface area (Å²) in [6, 6.07) is 7.94. The first-order chi connectivity index (χ1) is 17.3. The lowest BCUT2D eigenvalue weighted by molar-refractivity contribution is -0.125. The number of nitrogens with one attached hydrogen (secondary N) is 1. The number of hydrogen-bond acceptors (Lipinski definition) is 7. The molecule has 1 aliphatic carbocycles. The van der Waals surface area contributed by atoms with Gasteiger partial charge in [0.2, 0.25) is 22.7 Å². The Morgan fingerprint density at radius 2 is 1.94 bits per heavy atom. The molecular formula is C26H31N5O4S. The lowest BCUT2D eigenvalue weighted by Gasteiger charge is -2.37. The number of likely N-dealkylation sites (N-methyl/N-ethyl adjacent to an activating group) is 1. The van der Waals surface area contributed by atoms with Crippen LogP contribution < -0.4 is 14.4 Å². The highest BCUT2D eigenvalue weighted by Gasteiger charge is 2.54. The number of fused-ring (bicyclic) bond motifs is 4. The maximum Gasteiger partial charge on any atom is 0.237 e. The first-order valence-electron chi connectivity index (χ1n) is 12.2. The molecule has 0 saturated heterocycles. The predicted octanol–water partition coefficient (Wildman–Crippen LogP) is 2.64. The van der Waals surface area contributed by atoms with Crippen LogP contribution in [0, 0.1) is 0 Å². The van der Waals surface area contributed by atoms with Crippen molar-refractivity contribution >= 4 is 33.4 Å². The normalized spacial score (nSPS) is 16.2. The van der Waals surface area contributed by atoms with Crippen molar-refractivity contribution in [1.29, 1.82) is 0 Å². The molecule has 1 spiro atoms. The van der Waals surface area contributed by atoms with Crippen LogP contribution in [-0.4, -0.2) is 63.5 Å². The van der Waals surface area contributed by atoms with Crippen LogP contribution in [0.3, 0.4) is 0 Å². The predicted molar refractivity (Wildman–Crippen MR) is 140 cm³/mol. The van der Waals surface area contributed by atoms with Gasteiger partial charge in [0.15, 0.2) is 0 Å². The van der Waals surface area contributed by atoms with E-state index in [9.17, 15) is 13.2 Å². The molecule has 5 rings (SSSR count). The zero-order chi connectivity index (χ0) is 25.4. The first kappa shape index (κ1) is 24.6. The lowest BCUT2D eigenvalue weighted by atomic mass is 9.64. The molecule has 0 radical (unpaired) electrons. The van der Waals surface area contributed by atoms with Crippen molar-refractivity contribution in [2.24, 2.45) is 0 Å². The van der Waals surface area contributed by atoms with Gasteiger partial charge in [-0.3, -0.25) is 9.78 Å². The molecule has 2 aromatic heterocycles. The molecule has 0 atom stereocenters. The smallest absolute Gasteiger partial charge is 0.237 e. The Bertz CT molecular complexity index is 1390. The van der Waals surface area contributed by atoms with Gasteiger partial charge >= 0.3 is 0 Å². The van der Waals surface area contributed by atoms with E-state index in [1.807, 2.05) is 39.3 Å². The van der Waals surface area contributed by atoms with Crippen molar-refractivity contribution < 1.29 is 17.9 Å². The summed E-state index contributed by atoms with van der Waals surface area (Å²) in [7, 11) is 3.08. The molecule has 3 heterocycles. The van der Waals surface area contributed by atoms with Gasteiger partial charge in [-0.2, -0.15) is 0 Å². The van der Waals surface area contributed by atoms with E-state index in [0.29, 0.717) is 18.1 Å². The lowest BCUT2D eigenvalue weighted by Crippen LogP contribution is -2.43. The fourth-order valence-corrected chi connectivity index (χ4v) is 5.56. The third-order valence-electron chi connectivity index (χ3n) is 7.25. The Balaban J connectivity index is 1.52. The average Bonchev–Trinajstić information content (AvgIpc) is 3.07. The van der Waals surface area contributed by atoms with E-state index < -0.39 is 16.3 Å². The van der Waals surface area contributed by atoms with E-state index in [0.717, 1.165) is 65.5 Å². The maximum absolute atomic E-state index is 13.1. The highest BCUT2D eigenvalue weighted by molar-refractivity contribution is 7.70. The number of anilines is 1. The Labute approximate surface area is 212 Å². The molecule has 10 heteroatoms. The van der Waals surface area contributed by atoms with Crippen LogP contribution >= 0.6 is 0 Å². The summed E-state index contributed by atoms with van der Waals surface area (Å²) in [5.74, 6) is 0.576. The van der Waals surface area contributed by atoms with Crippen LogP contribution in [0.4, 0.5) is 5.69 Å². The van der Waals surface area contributed by atoms with Crippen LogP contribution in [0.2, 0.25) is 0 Å². The Morgan fingerprint density at radius 3 is 2.64 bits per heavy atom. The summed E-state index contributed by atoms with van der Waals surface area (Å²) in [4.78, 5) is 26.1. The van der Waals surface area contributed by atoms with E-state index in [-0.39, 0.29) is 12.5 Å². The maximum atomic E-state index is 13.1. The number of hydrogen-bond donors (Lipinski definition) is 2. The van der Waals surface area contributed by atoms with Crippen molar-refractivity contribution in [2.75, 3.05) is 39.2 Å². The molecule has 36 heavy (non-hydrogen) atoms. The second-order valence-corrected chi connectivity index (χ2v) is 10.7. The standard InChI is InChI=1S/C26H31N5O4S/c1-30(2)10-5-11-35-24-19(15-29-36(33)34)12-18(14-28-24)17-6-7-21-20(13-17)23-22(16-27-21)31(3)25(32)26(23)8-4-9-26/h6-7,12-14,16,36H,4-5,8-11,15H2,1-3H3,(H,29,33,34). The number of carbonyl (C=O) groups excluding carboxylic acids is 1. The third-order valence-corrected chi connectivity index (χ3v) is 7.67. The number of carbonyl (C=O) groups is 1. The second-order valence-electron chi connectivity index (χ2n) is 9.84. The zero-order valence-corrected chi connectivity index (χ0v) is 21.7. The average molecular weight is 510 g/mol. The third kappa shape index (κ3) is 4.33. The minimum absolute atomic E-state index is 0.0928. The molecule has 1 aliphatic heterocycles. The van der Waals surface area contributed by atoms with Crippen LogP contribution in [0.15, 0.2) is 36.7 Å². The molecule has 0 unspecified atom stereocenters. The molecule has 1 amide bonds. The minimum atomic E-state index is -2.75. The largest absolute Gasteiger partial charge is 0.477 e. The summed E-state index contributed by atoms with van der Waals surface area (Å²) in [5, 5.41) is 0.980. The summed E-state index contributed by atoms with van der Waals surface area (Å²) in [6.45, 7) is 1.46. The monoisotopic (exact) mass is 509 g/mol. The quantitative estimate of drug-likeness (QED) is 0.338. The van der Waals surface area contributed by atoms with Crippen molar-refractivity contribution in [2.45, 2.75) is 37.6 Å². The Kier molecular flexibility index (Phi) is 6.67. The number of rotatable bonds is 9. The van der Waals surface area contributed by atoms with Gasteiger partial charge in [0.25, 0.3) is 0 Å². The van der Waals surface area contributed by atoms with Gasteiger partial charge in [-0.25, -0.2) is 18.1 Å². The van der Waals surface area contributed by atoms with Gasteiger partial charge in [0, 0.05) is 48.4 Å². The van der Waals surface area contributed by atoms with Crippen molar-refractivity contribution in [3.05, 3.63) is 47.8 Å². The summed E-state index contributed by atoms with van der Waals surface area (Å²) in [6.07, 6.45) is 7.14. The van der Waals surface area contributed by atoms with Gasteiger partial charge in [-0.15, -0.1) is 0 Å². The van der Waals surface area contributed by atoms with E-state index in [1.165, 1.54) is 0 Å². The molecule has 0 bridgehead atoms. The fraction of sp³-hybridized carbons (Fsp3) is 0.423. The Morgan fingerprint density at radius 1 is 1.14 bits per heavy atom. The van der Waals surface area contributed by atoms with Gasteiger partial charge in [0.05, 0.1) is 29.4 Å². The van der Waals surface area contributed by atoms with Crippen LogP contribution in [0.5, 0.6) is 5.88 Å². The number of amides is 1. The Hall–Kier alpha value is -3.08. The molecule has 9 nitrogen and oxygen atoms in total. The van der Waals surface area contributed by atoms with E-state index in [2.05, 4.69) is 25.7 Å². The molecule has 1 fully saturated rings. The van der Waals surface area contributed by atoms with Gasteiger partial charge in [-0.05, 0) is 57.1 Å². The van der Waals surface area contributed by atoms with E-state index in [4.69, 9.17) is 4.74 Å². The van der Waals surface area contributed by atoms with Crippen molar-refractivity contribution in [3.8, 4) is 17.0 Å². The molecule has 1 saturated carbocycles. The number of aromatic nitrogens is 2. The van der Waals surface area contributed by atoms with E-state index in [1.54, 1.807) is 17.3 Å². The highest BCUT2D eigenvalue weighted by Crippen LogP contribution is 2.55. The van der Waals surface area contributed by atoms with E-state index >= 15 is 0 Å². The molecule has 1 aromatic carbocycles. The van der Waals surface area contributed by atoms with Crippen molar-refractivity contribution in [3.63, 3.8) is 0 Å². The molecule has 190 valence electrons. The number of pyridine rings is 2. The van der Waals surface area contributed by atoms with Crippen LogP contribution in [0.1, 0.15) is 36.8 Å². The van der Waals surface area contributed by atoms with Gasteiger partial charge in [0.1, 0.15) is 0 Å². The minimum Gasteiger partial charge on any atom is -0.477 e. The summed E-state index contributed by atoms with van der Waals surface area (Å²) < 4.78 is 30.7. The van der Waals surface area contributed by atoms with Crippen LogP contribution in [0.25, 0.3) is 22.0 Å². The highest BCUT2D eigenvalue weighted by atomic mass is 32.2. The zero-order valence-electron chi connectivity index (χ0n) is 20.8. The summed E-state index contributed by atoms with van der Waals surface area (Å²) >= 11 is 0. The molecule has 3 aromatic rings. The number of nitrogens with zero attached hydrogens (tertiary/aromatic N) is 4. The fourth-order valence-electron chi connectivity index (χ4n) is 5.26. The number of ether oxygens (including phenoxy) is 1. The summed E-state index contributed by atoms with van der Waals surface area (Å²) in [5.41, 5.74) is 4.80. The number of benzene rings is 1. The molecule has 1 N–H and O–H groups in total. The molecule has 2 aliphatic rings. The molecular weight excluding hydrogens is 478 g/mol. The number of thiol groups is 1. The van der Waals surface area contributed by atoms with Crippen molar-refractivity contribution in [1.82, 2.24) is 19.6 Å². The first-order valence-corrected chi connectivity index (χ1v) is 13.3. The SMILES string of the molecule is CN(C)CCCOc1ncc(-c2ccc3ncc4c(c3c2)C2(CCC2)C(=O)N4C)cc1CN[SH](=O)=O. The van der Waals surface area contributed by atoms with Gasteiger partial charge in [-0.1, -0.05) is 12.5 Å². The second kappa shape index (κ2) is 9.76. The van der Waals surface area contributed by atoms with Crippen LogP contribution in [-0.2, 0) is 27.6 Å². The topological polar surface area (TPSA) is 105 Å².